The summed E-state index contributed by atoms with van der Waals surface area (Å²) in [6, 6.07) is 15.7. The molecule has 2 N–H and O–H groups in total. The average Bonchev–Trinajstić information content (AvgIpc) is 3.12. The van der Waals surface area contributed by atoms with Crippen molar-refractivity contribution < 1.29 is 4.74 Å². The lowest BCUT2D eigenvalue weighted by atomic mass is 10.3. The van der Waals surface area contributed by atoms with Gasteiger partial charge in [-0.3, -0.25) is 0 Å². The molecule has 0 atom stereocenters. The Morgan fingerprint density at radius 1 is 1.00 bits per heavy atom. The SMILES string of the molecule is c1ccc(OCCNc2nccc(NCc3cccs3)n2)cc1. The summed E-state index contributed by atoms with van der Waals surface area (Å²) in [4.78, 5) is 9.92. The third kappa shape index (κ3) is 4.96. The average molecular weight is 326 g/mol. The summed E-state index contributed by atoms with van der Waals surface area (Å²) >= 11 is 1.72. The van der Waals surface area contributed by atoms with E-state index in [-0.39, 0.29) is 0 Å². The van der Waals surface area contributed by atoms with Crippen molar-refractivity contribution >= 4 is 23.1 Å². The van der Waals surface area contributed by atoms with Gasteiger partial charge in [0.05, 0.1) is 13.1 Å². The minimum Gasteiger partial charge on any atom is -0.492 e. The van der Waals surface area contributed by atoms with Gasteiger partial charge in [0.1, 0.15) is 18.2 Å². The van der Waals surface area contributed by atoms with Gasteiger partial charge in [-0.05, 0) is 29.6 Å². The van der Waals surface area contributed by atoms with Gasteiger partial charge < -0.3 is 15.4 Å². The Morgan fingerprint density at radius 2 is 1.91 bits per heavy atom. The molecule has 3 aromatic rings. The first kappa shape index (κ1) is 15.3. The van der Waals surface area contributed by atoms with Gasteiger partial charge in [-0.2, -0.15) is 4.98 Å². The Kier molecular flexibility index (Phi) is 5.42. The van der Waals surface area contributed by atoms with Crippen LogP contribution in [0.3, 0.4) is 0 Å². The first-order valence-corrected chi connectivity index (χ1v) is 8.29. The largest absolute Gasteiger partial charge is 0.492 e. The van der Waals surface area contributed by atoms with Crippen LogP contribution in [-0.2, 0) is 6.54 Å². The van der Waals surface area contributed by atoms with Crippen molar-refractivity contribution in [1.29, 1.82) is 0 Å². The van der Waals surface area contributed by atoms with E-state index in [1.807, 2.05) is 42.5 Å². The number of ether oxygens (including phenoxy) is 1. The maximum absolute atomic E-state index is 5.62. The summed E-state index contributed by atoms with van der Waals surface area (Å²) in [5, 5.41) is 8.52. The normalized spacial score (nSPS) is 10.3. The molecular weight excluding hydrogens is 308 g/mol. The molecule has 118 valence electrons. The van der Waals surface area contributed by atoms with Gasteiger partial charge in [-0.1, -0.05) is 24.3 Å². The van der Waals surface area contributed by atoms with E-state index in [9.17, 15) is 0 Å². The molecule has 2 heterocycles. The fraction of sp³-hybridized carbons (Fsp3) is 0.176. The van der Waals surface area contributed by atoms with Crippen molar-refractivity contribution in [3.05, 3.63) is 65.0 Å². The molecule has 6 heteroatoms. The highest BCUT2D eigenvalue weighted by atomic mass is 32.1. The third-order valence-electron chi connectivity index (χ3n) is 3.08. The molecule has 23 heavy (non-hydrogen) atoms. The number of nitrogens with zero attached hydrogens (tertiary/aromatic N) is 2. The predicted molar refractivity (Wildman–Crippen MR) is 94.1 cm³/mol. The molecule has 0 aliphatic carbocycles. The molecule has 0 radical (unpaired) electrons. The quantitative estimate of drug-likeness (QED) is 0.619. The van der Waals surface area contributed by atoms with E-state index in [0.717, 1.165) is 18.1 Å². The molecule has 3 rings (SSSR count). The third-order valence-corrected chi connectivity index (χ3v) is 3.95. The van der Waals surface area contributed by atoms with Gasteiger partial charge in [0.25, 0.3) is 0 Å². The minimum atomic E-state index is 0.556. The molecule has 5 nitrogen and oxygen atoms in total. The van der Waals surface area contributed by atoms with Crippen LogP contribution in [0.15, 0.2) is 60.1 Å². The summed E-state index contributed by atoms with van der Waals surface area (Å²) in [5.41, 5.74) is 0. The van der Waals surface area contributed by atoms with Gasteiger partial charge in [0, 0.05) is 11.1 Å². The van der Waals surface area contributed by atoms with Gasteiger partial charge in [0.2, 0.25) is 5.95 Å². The molecule has 2 aromatic heterocycles. The van der Waals surface area contributed by atoms with Gasteiger partial charge in [-0.25, -0.2) is 4.98 Å². The molecule has 0 bridgehead atoms. The molecule has 0 aliphatic rings. The molecule has 0 spiro atoms. The van der Waals surface area contributed by atoms with Gasteiger partial charge in [0.15, 0.2) is 0 Å². The highest BCUT2D eigenvalue weighted by molar-refractivity contribution is 7.09. The maximum atomic E-state index is 5.62. The van der Waals surface area contributed by atoms with Crippen LogP contribution in [0, 0.1) is 0 Å². The number of hydrogen-bond donors (Lipinski definition) is 2. The number of rotatable bonds is 8. The maximum Gasteiger partial charge on any atom is 0.224 e. The Morgan fingerprint density at radius 3 is 2.74 bits per heavy atom. The number of nitrogens with one attached hydrogen (secondary N) is 2. The Bertz CT molecular complexity index is 704. The second kappa shape index (κ2) is 8.14. The van der Waals surface area contributed by atoms with Crippen LogP contribution in [0.2, 0.25) is 0 Å². The van der Waals surface area contributed by atoms with Crippen molar-refractivity contribution in [3.63, 3.8) is 0 Å². The number of hydrogen-bond acceptors (Lipinski definition) is 6. The number of benzene rings is 1. The van der Waals surface area contributed by atoms with Crippen LogP contribution in [0.1, 0.15) is 4.88 Å². The zero-order valence-corrected chi connectivity index (χ0v) is 13.4. The Hall–Kier alpha value is -2.60. The lowest BCUT2D eigenvalue weighted by molar-refractivity contribution is 0.332. The molecule has 0 amide bonds. The molecule has 0 fully saturated rings. The van der Waals surface area contributed by atoms with Crippen molar-refractivity contribution in [1.82, 2.24) is 9.97 Å². The van der Waals surface area contributed by atoms with E-state index in [2.05, 4.69) is 32.0 Å². The molecule has 1 aromatic carbocycles. The standard InChI is InChI=1S/C17H18N4OS/c1-2-5-14(6-3-1)22-11-10-19-17-18-9-8-16(21-17)20-13-15-7-4-12-23-15/h1-9,12H,10-11,13H2,(H2,18,19,20,21). The van der Waals surface area contributed by atoms with Gasteiger partial charge >= 0.3 is 0 Å². The van der Waals surface area contributed by atoms with Crippen molar-refractivity contribution in [2.24, 2.45) is 0 Å². The Balaban J connectivity index is 1.44. The van der Waals surface area contributed by atoms with E-state index in [0.29, 0.717) is 19.1 Å². The van der Waals surface area contributed by atoms with Crippen molar-refractivity contribution in [2.45, 2.75) is 6.54 Å². The highest BCUT2D eigenvalue weighted by Crippen LogP contribution is 2.12. The second-order valence-corrected chi connectivity index (χ2v) is 5.82. The summed E-state index contributed by atoms with van der Waals surface area (Å²) in [6.45, 7) is 1.97. The zero-order valence-electron chi connectivity index (χ0n) is 12.6. The summed E-state index contributed by atoms with van der Waals surface area (Å²) in [6.07, 6.45) is 1.74. The fourth-order valence-corrected chi connectivity index (χ4v) is 2.63. The van der Waals surface area contributed by atoms with E-state index in [4.69, 9.17) is 4.74 Å². The predicted octanol–water partition coefficient (Wildman–Crippen LogP) is 3.64. The van der Waals surface area contributed by atoms with E-state index in [1.54, 1.807) is 17.5 Å². The van der Waals surface area contributed by atoms with Crippen LogP contribution in [0.25, 0.3) is 0 Å². The monoisotopic (exact) mass is 326 g/mol. The van der Waals surface area contributed by atoms with Crippen LogP contribution >= 0.6 is 11.3 Å². The van der Waals surface area contributed by atoms with Crippen molar-refractivity contribution in [3.8, 4) is 5.75 Å². The lowest BCUT2D eigenvalue weighted by Gasteiger charge is -2.09. The van der Waals surface area contributed by atoms with Crippen LogP contribution < -0.4 is 15.4 Å². The highest BCUT2D eigenvalue weighted by Gasteiger charge is 2.00. The molecule has 0 unspecified atom stereocenters. The van der Waals surface area contributed by atoms with E-state index >= 15 is 0 Å². The zero-order chi connectivity index (χ0) is 15.7. The molecule has 0 saturated heterocycles. The second-order valence-electron chi connectivity index (χ2n) is 4.79. The topological polar surface area (TPSA) is 59.1 Å². The minimum absolute atomic E-state index is 0.556. The number of para-hydroxylation sites is 1. The molecular formula is C17H18N4OS. The molecule has 0 aliphatic heterocycles. The smallest absolute Gasteiger partial charge is 0.224 e. The Labute approximate surface area is 139 Å². The number of aromatic nitrogens is 2. The summed E-state index contributed by atoms with van der Waals surface area (Å²) in [7, 11) is 0. The van der Waals surface area contributed by atoms with Crippen LogP contribution in [-0.4, -0.2) is 23.1 Å². The van der Waals surface area contributed by atoms with Crippen LogP contribution in [0.5, 0.6) is 5.75 Å². The summed E-state index contributed by atoms with van der Waals surface area (Å²) < 4.78 is 5.62. The first-order valence-electron chi connectivity index (χ1n) is 7.41. The van der Waals surface area contributed by atoms with Crippen LogP contribution in [0.4, 0.5) is 11.8 Å². The fourth-order valence-electron chi connectivity index (χ4n) is 1.98. The van der Waals surface area contributed by atoms with E-state index < -0.39 is 0 Å². The lowest BCUT2D eigenvalue weighted by Crippen LogP contribution is -2.13. The first-order chi connectivity index (χ1) is 11.4. The van der Waals surface area contributed by atoms with E-state index in [1.165, 1.54) is 4.88 Å². The van der Waals surface area contributed by atoms with Gasteiger partial charge in [-0.15, -0.1) is 11.3 Å². The summed E-state index contributed by atoms with van der Waals surface area (Å²) in [5.74, 6) is 2.26. The molecule has 0 saturated carbocycles. The number of anilines is 2. The number of thiophene rings is 1. The van der Waals surface area contributed by atoms with Crippen molar-refractivity contribution in [2.75, 3.05) is 23.8 Å².